The fourth-order valence-electron chi connectivity index (χ4n) is 7.81. The van der Waals surface area contributed by atoms with Gasteiger partial charge in [-0.3, -0.25) is 4.79 Å². The van der Waals surface area contributed by atoms with Crippen molar-refractivity contribution in [1.82, 2.24) is 0 Å². The summed E-state index contributed by atoms with van der Waals surface area (Å²) in [5.41, 5.74) is -2.27. The van der Waals surface area contributed by atoms with Gasteiger partial charge in [0, 0.05) is 23.8 Å². The first kappa shape index (κ1) is 28.8. The van der Waals surface area contributed by atoms with Gasteiger partial charge < -0.3 is 18.3 Å². The zero-order valence-corrected chi connectivity index (χ0v) is 26.7. The van der Waals surface area contributed by atoms with Crippen molar-refractivity contribution in [2.24, 2.45) is 17.3 Å². The number of carbonyl (C=O) groups is 2. The number of hydrogen-bond acceptors (Lipinski definition) is 6. The monoisotopic (exact) mass is 548 g/mol. The normalized spacial score (nSPS) is 37.7. The molecule has 0 N–H and O–H groups in total. The van der Waals surface area contributed by atoms with Crippen LogP contribution in [-0.4, -0.2) is 52.0 Å². The van der Waals surface area contributed by atoms with Gasteiger partial charge in [0.25, 0.3) is 0 Å². The van der Waals surface area contributed by atoms with E-state index in [-0.39, 0.29) is 34.9 Å². The average Bonchev–Trinajstić information content (AvgIpc) is 3.32. The van der Waals surface area contributed by atoms with Gasteiger partial charge in [-0.1, -0.05) is 47.6 Å². The molecule has 208 valence electrons. The van der Waals surface area contributed by atoms with E-state index in [9.17, 15) is 9.59 Å². The standard InChI is InChI=1S/C29H48O6Si2/c1-12-16-21(34-37(13-2,14-3)15-4)29-22-20(32-25(29)31)18-27(9,35-36(10,11)26(6,7)8)23(22)28(29)17-19(5)24(30)33-28/h12,17,20-23H,1,13-16,18H2,2-11H3/t20-,21+,22-,23-,27-,28-,29+/m0/s1. The molecule has 8 heteroatoms. The summed E-state index contributed by atoms with van der Waals surface area (Å²) in [6, 6.07) is 2.89. The van der Waals surface area contributed by atoms with Crippen molar-refractivity contribution in [1.29, 1.82) is 0 Å². The maximum Gasteiger partial charge on any atom is 0.334 e. The van der Waals surface area contributed by atoms with Crippen LogP contribution in [0.25, 0.3) is 0 Å². The van der Waals surface area contributed by atoms with Gasteiger partial charge in [-0.05, 0) is 62.6 Å². The lowest BCUT2D eigenvalue weighted by Gasteiger charge is -2.65. The third-order valence-electron chi connectivity index (χ3n) is 10.8. The molecular weight excluding hydrogens is 500 g/mol. The van der Waals surface area contributed by atoms with Crippen LogP contribution in [0.15, 0.2) is 24.3 Å². The summed E-state index contributed by atoms with van der Waals surface area (Å²) in [5, 5.41) is 0.0135. The molecule has 0 radical (unpaired) electrons. The molecule has 6 nitrogen and oxygen atoms in total. The van der Waals surface area contributed by atoms with Gasteiger partial charge in [0.05, 0.1) is 11.7 Å². The van der Waals surface area contributed by atoms with Crippen molar-refractivity contribution < 1.29 is 27.9 Å². The van der Waals surface area contributed by atoms with E-state index in [2.05, 4.69) is 68.1 Å². The van der Waals surface area contributed by atoms with E-state index in [1.54, 1.807) is 6.92 Å². The van der Waals surface area contributed by atoms with Crippen molar-refractivity contribution in [3.05, 3.63) is 24.3 Å². The SMILES string of the molecule is C=CC[C@@H](O[Si](CC)(CC)CC)[C@]12C(=O)O[C@H]3C[C@](C)(O[Si](C)(C)C(C)(C)C)[C@H]([C@H]31)[C@@]21C=C(C)C(=O)O1. The summed E-state index contributed by atoms with van der Waals surface area (Å²) in [4.78, 5) is 27.1. The summed E-state index contributed by atoms with van der Waals surface area (Å²) in [6.07, 6.45) is 4.14. The summed E-state index contributed by atoms with van der Waals surface area (Å²) >= 11 is 0. The molecule has 3 fully saturated rings. The number of rotatable bonds is 10. The van der Waals surface area contributed by atoms with Gasteiger partial charge in [-0.2, -0.15) is 0 Å². The van der Waals surface area contributed by atoms with Crippen LogP contribution in [0, 0.1) is 17.3 Å². The lowest BCUT2D eigenvalue weighted by atomic mass is 9.41. The predicted octanol–water partition coefficient (Wildman–Crippen LogP) is 6.54. The Morgan fingerprint density at radius 3 is 2.24 bits per heavy atom. The fraction of sp³-hybridized carbons (Fsp3) is 0.793. The summed E-state index contributed by atoms with van der Waals surface area (Å²) in [5.74, 6) is -0.960. The van der Waals surface area contributed by atoms with Gasteiger partial charge in [0.1, 0.15) is 11.5 Å². The topological polar surface area (TPSA) is 71.1 Å². The Morgan fingerprint density at radius 2 is 1.78 bits per heavy atom. The molecule has 0 bridgehead atoms. The first-order valence-corrected chi connectivity index (χ1v) is 19.6. The second kappa shape index (κ2) is 8.90. The summed E-state index contributed by atoms with van der Waals surface area (Å²) in [7, 11) is -4.31. The van der Waals surface area contributed by atoms with Gasteiger partial charge in [0.2, 0.25) is 0 Å². The largest absolute Gasteiger partial charge is 0.461 e. The van der Waals surface area contributed by atoms with E-state index in [1.807, 2.05) is 12.2 Å². The quantitative estimate of drug-likeness (QED) is 0.175. The van der Waals surface area contributed by atoms with E-state index in [0.717, 1.165) is 18.1 Å². The molecular formula is C29H48O6Si2. The highest BCUT2D eigenvalue weighted by molar-refractivity contribution is 6.74. The lowest BCUT2D eigenvalue weighted by Crippen LogP contribution is -2.79. The van der Waals surface area contributed by atoms with Crippen LogP contribution in [0.2, 0.25) is 36.3 Å². The molecule has 2 heterocycles. The first-order chi connectivity index (χ1) is 17.0. The van der Waals surface area contributed by atoms with Gasteiger partial charge in [-0.25, -0.2) is 4.79 Å². The van der Waals surface area contributed by atoms with Crippen molar-refractivity contribution in [2.45, 2.75) is 128 Å². The zero-order valence-electron chi connectivity index (χ0n) is 24.7. The third-order valence-corrected chi connectivity index (χ3v) is 20.0. The molecule has 2 aliphatic carbocycles. The molecule has 37 heavy (non-hydrogen) atoms. The molecule has 4 rings (SSSR count). The number of fused-ring (bicyclic) bond motifs is 2. The third kappa shape index (κ3) is 3.68. The highest BCUT2D eigenvalue weighted by Gasteiger charge is 2.91. The van der Waals surface area contributed by atoms with Crippen LogP contribution < -0.4 is 0 Å². The second-order valence-electron chi connectivity index (χ2n) is 13.6. The molecule has 0 unspecified atom stereocenters. The second-order valence-corrected chi connectivity index (χ2v) is 23.0. The van der Waals surface area contributed by atoms with Crippen LogP contribution in [0.1, 0.15) is 68.2 Å². The molecule has 2 aliphatic heterocycles. The first-order valence-electron chi connectivity index (χ1n) is 14.2. The van der Waals surface area contributed by atoms with Crippen LogP contribution in [-0.2, 0) is 27.9 Å². The summed E-state index contributed by atoms with van der Waals surface area (Å²) in [6.45, 7) is 25.7. The molecule has 1 saturated heterocycles. The molecule has 0 aromatic carbocycles. The maximum absolute atomic E-state index is 14.1. The molecule has 0 amide bonds. The zero-order chi connectivity index (χ0) is 27.8. The van der Waals surface area contributed by atoms with Gasteiger partial charge in [0.15, 0.2) is 22.2 Å². The van der Waals surface area contributed by atoms with Crippen LogP contribution in [0.3, 0.4) is 0 Å². The minimum Gasteiger partial charge on any atom is -0.461 e. The molecule has 2 saturated carbocycles. The minimum atomic E-state index is -2.19. The number of ether oxygens (including phenoxy) is 2. The van der Waals surface area contributed by atoms with E-state index in [4.69, 9.17) is 18.3 Å². The molecule has 1 spiro atoms. The Labute approximate surface area is 225 Å². The van der Waals surface area contributed by atoms with Gasteiger partial charge in [-0.15, -0.1) is 6.58 Å². The molecule has 4 aliphatic rings. The smallest absolute Gasteiger partial charge is 0.334 e. The predicted molar refractivity (Wildman–Crippen MR) is 150 cm³/mol. The molecule has 0 aromatic rings. The van der Waals surface area contributed by atoms with E-state index >= 15 is 0 Å². The van der Waals surface area contributed by atoms with Crippen LogP contribution >= 0.6 is 0 Å². The van der Waals surface area contributed by atoms with Crippen molar-refractivity contribution in [3.63, 3.8) is 0 Å². The highest BCUT2D eigenvalue weighted by atomic mass is 28.4. The Kier molecular flexibility index (Phi) is 6.92. The Bertz CT molecular complexity index is 1000. The number of esters is 2. The highest BCUT2D eigenvalue weighted by Crippen LogP contribution is 2.78. The lowest BCUT2D eigenvalue weighted by molar-refractivity contribution is -0.269. The van der Waals surface area contributed by atoms with E-state index in [0.29, 0.717) is 18.4 Å². The average molecular weight is 549 g/mol. The van der Waals surface area contributed by atoms with Crippen LogP contribution in [0.4, 0.5) is 0 Å². The Morgan fingerprint density at radius 1 is 1.19 bits per heavy atom. The number of carbonyl (C=O) groups excluding carboxylic acids is 2. The van der Waals surface area contributed by atoms with E-state index in [1.165, 1.54) is 0 Å². The van der Waals surface area contributed by atoms with Crippen LogP contribution in [0.5, 0.6) is 0 Å². The van der Waals surface area contributed by atoms with Crippen molar-refractivity contribution >= 4 is 28.6 Å². The summed E-state index contributed by atoms with van der Waals surface area (Å²) < 4.78 is 26.9. The molecule has 7 atom stereocenters. The minimum absolute atomic E-state index is 0.0135. The van der Waals surface area contributed by atoms with Crippen molar-refractivity contribution in [3.8, 4) is 0 Å². The number of hydrogen-bond donors (Lipinski definition) is 0. The van der Waals surface area contributed by atoms with Gasteiger partial charge >= 0.3 is 11.9 Å². The van der Waals surface area contributed by atoms with Crippen molar-refractivity contribution in [2.75, 3.05) is 0 Å². The Balaban J connectivity index is 1.89. The Hall–Kier alpha value is -1.23. The molecule has 0 aromatic heterocycles. The fourth-order valence-corrected chi connectivity index (χ4v) is 12.4. The van der Waals surface area contributed by atoms with E-state index < -0.39 is 39.4 Å². The maximum atomic E-state index is 14.1.